The molecule has 0 spiro atoms. The summed E-state index contributed by atoms with van der Waals surface area (Å²) in [5.74, 6) is -0.0870. The van der Waals surface area contributed by atoms with Crippen LogP contribution in [0.5, 0.6) is 0 Å². The van der Waals surface area contributed by atoms with Crippen molar-refractivity contribution in [3.63, 3.8) is 0 Å². The highest BCUT2D eigenvalue weighted by Crippen LogP contribution is 2.31. The molecule has 25 heavy (non-hydrogen) atoms. The van der Waals surface area contributed by atoms with Crippen molar-refractivity contribution >= 4 is 32.6 Å². The summed E-state index contributed by atoms with van der Waals surface area (Å²) in [4.78, 5) is 17.3. The average Bonchev–Trinajstić information content (AvgIpc) is 3.01. The minimum atomic E-state index is -0.309. The number of piperidine rings is 1. The maximum atomic E-state index is 13.4. The smallest absolute Gasteiger partial charge is 0.168 e. The van der Waals surface area contributed by atoms with E-state index in [1.807, 2.05) is 16.8 Å². The minimum Gasteiger partial charge on any atom is -0.317 e. The Morgan fingerprint density at radius 3 is 2.84 bits per heavy atom. The first-order valence-corrected chi connectivity index (χ1v) is 9.10. The second-order valence-electron chi connectivity index (χ2n) is 6.29. The van der Waals surface area contributed by atoms with E-state index >= 15 is 0 Å². The summed E-state index contributed by atoms with van der Waals surface area (Å²) in [6, 6.07) is 6.41. The maximum absolute atomic E-state index is 13.4. The van der Waals surface area contributed by atoms with Gasteiger partial charge < -0.3 is 9.88 Å². The number of aromatic nitrogens is 2. The van der Waals surface area contributed by atoms with Crippen LogP contribution in [0, 0.1) is 11.7 Å². The van der Waals surface area contributed by atoms with Crippen LogP contribution >= 0.6 is 15.9 Å². The average molecular weight is 402 g/mol. The normalized spacial score (nSPS) is 15.6. The number of ketones is 1. The Morgan fingerprint density at radius 2 is 2.08 bits per heavy atom. The number of carbonyl (C=O) groups is 1. The van der Waals surface area contributed by atoms with Gasteiger partial charge in [0.25, 0.3) is 0 Å². The van der Waals surface area contributed by atoms with Crippen molar-refractivity contribution in [2.75, 3.05) is 13.1 Å². The van der Waals surface area contributed by atoms with Crippen molar-refractivity contribution < 1.29 is 9.18 Å². The SMILES string of the molecule is O=C(c1cn(-c2ccc(F)cc2Br)c2cnccc12)C1CCNCC1. The lowest BCUT2D eigenvalue weighted by atomic mass is 9.90. The summed E-state index contributed by atoms with van der Waals surface area (Å²) in [7, 11) is 0. The van der Waals surface area contributed by atoms with Crippen LogP contribution in [-0.4, -0.2) is 28.4 Å². The van der Waals surface area contributed by atoms with Crippen LogP contribution in [0.15, 0.2) is 47.3 Å². The largest absolute Gasteiger partial charge is 0.317 e. The van der Waals surface area contributed by atoms with Gasteiger partial charge in [-0.15, -0.1) is 0 Å². The van der Waals surface area contributed by atoms with Crippen LogP contribution in [0.2, 0.25) is 0 Å². The Hall–Kier alpha value is -2.05. The molecule has 0 atom stereocenters. The van der Waals surface area contributed by atoms with E-state index in [2.05, 4.69) is 26.2 Å². The van der Waals surface area contributed by atoms with Crippen LogP contribution in [0.3, 0.4) is 0 Å². The first-order chi connectivity index (χ1) is 12.1. The third-order valence-electron chi connectivity index (χ3n) is 4.75. The lowest BCUT2D eigenvalue weighted by Gasteiger charge is -2.21. The summed E-state index contributed by atoms with van der Waals surface area (Å²) < 4.78 is 16.0. The molecule has 1 aliphatic heterocycles. The van der Waals surface area contributed by atoms with Gasteiger partial charge in [0, 0.05) is 33.7 Å². The second kappa shape index (κ2) is 6.69. The Bertz CT molecular complexity index is 947. The molecule has 3 aromatic rings. The summed E-state index contributed by atoms with van der Waals surface area (Å²) >= 11 is 3.42. The molecule has 1 fully saturated rings. The number of nitrogens with one attached hydrogen (secondary N) is 1. The molecular formula is C19H17BrFN3O. The number of rotatable bonds is 3. The molecule has 1 aliphatic rings. The molecule has 4 rings (SSSR count). The zero-order chi connectivity index (χ0) is 17.4. The topological polar surface area (TPSA) is 46.9 Å². The maximum Gasteiger partial charge on any atom is 0.168 e. The second-order valence-corrected chi connectivity index (χ2v) is 7.14. The van der Waals surface area contributed by atoms with Crippen LogP contribution in [0.25, 0.3) is 16.6 Å². The molecule has 0 radical (unpaired) electrons. The number of hydrogen-bond acceptors (Lipinski definition) is 3. The Morgan fingerprint density at radius 1 is 1.28 bits per heavy atom. The summed E-state index contributed by atoms with van der Waals surface area (Å²) in [5.41, 5.74) is 2.33. The van der Waals surface area contributed by atoms with Crippen molar-refractivity contribution in [3.8, 4) is 5.69 Å². The third-order valence-corrected chi connectivity index (χ3v) is 5.39. The number of halogens is 2. The zero-order valence-corrected chi connectivity index (χ0v) is 15.1. The van der Waals surface area contributed by atoms with E-state index < -0.39 is 0 Å². The van der Waals surface area contributed by atoms with Crippen LogP contribution in [-0.2, 0) is 0 Å². The Kier molecular flexibility index (Phi) is 4.39. The van der Waals surface area contributed by atoms with Gasteiger partial charge in [-0.05, 0) is 66.1 Å². The van der Waals surface area contributed by atoms with E-state index in [-0.39, 0.29) is 17.5 Å². The molecule has 0 amide bonds. The number of hydrogen-bond donors (Lipinski definition) is 1. The Labute approximate surface area is 153 Å². The van der Waals surface area contributed by atoms with Crippen molar-refractivity contribution in [1.82, 2.24) is 14.9 Å². The highest BCUT2D eigenvalue weighted by Gasteiger charge is 2.25. The molecule has 2 aromatic heterocycles. The van der Waals surface area contributed by atoms with E-state index in [9.17, 15) is 9.18 Å². The number of pyridine rings is 1. The fraction of sp³-hybridized carbons (Fsp3) is 0.263. The van der Waals surface area contributed by atoms with Crippen LogP contribution in [0.1, 0.15) is 23.2 Å². The van der Waals surface area contributed by atoms with Crippen LogP contribution in [0.4, 0.5) is 4.39 Å². The fourth-order valence-corrected chi connectivity index (χ4v) is 3.99. The van der Waals surface area contributed by atoms with E-state index in [1.54, 1.807) is 18.5 Å². The van der Waals surface area contributed by atoms with E-state index in [1.165, 1.54) is 12.1 Å². The van der Waals surface area contributed by atoms with Gasteiger partial charge in [0.15, 0.2) is 5.78 Å². The van der Waals surface area contributed by atoms with Gasteiger partial charge in [-0.25, -0.2) is 4.39 Å². The molecule has 4 nitrogen and oxygen atoms in total. The third kappa shape index (κ3) is 3.00. The number of carbonyl (C=O) groups excluding carboxylic acids is 1. The standard InChI is InChI=1S/C19H17BrFN3O/c20-16-9-13(21)1-2-17(16)24-11-15(14-5-8-23-10-18(14)24)19(25)12-3-6-22-7-4-12/h1-2,5,8-12,22H,3-4,6-7H2. The summed E-state index contributed by atoms with van der Waals surface area (Å²) in [5, 5.41) is 4.18. The zero-order valence-electron chi connectivity index (χ0n) is 13.5. The van der Waals surface area contributed by atoms with Crippen molar-refractivity contribution in [2.24, 2.45) is 5.92 Å². The lowest BCUT2D eigenvalue weighted by molar-refractivity contribution is 0.0896. The fourth-order valence-electron chi connectivity index (χ4n) is 3.45. The molecule has 128 valence electrons. The quantitative estimate of drug-likeness (QED) is 0.671. The van der Waals surface area contributed by atoms with E-state index in [4.69, 9.17) is 0 Å². The van der Waals surface area contributed by atoms with Gasteiger partial charge in [-0.1, -0.05) is 0 Å². The molecule has 0 aliphatic carbocycles. The minimum absolute atomic E-state index is 0.0464. The van der Waals surface area contributed by atoms with E-state index in [0.717, 1.165) is 42.5 Å². The number of nitrogens with zero attached hydrogens (tertiary/aromatic N) is 2. The molecular weight excluding hydrogens is 385 g/mol. The molecule has 3 heterocycles. The monoisotopic (exact) mass is 401 g/mol. The molecule has 1 N–H and O–H groups in total. The van der Waals surface area contributed by atoms with Crippen molar-refractivity contribution in [3.05, 3.63) is 58.7 Å². The predicted molar refractivity (Wildman–Crippen MR) is 98.7 cm³/mol. The van der Waals surface area contributed by atoms with Gasteiger partial charge in [0.05, 0.1) is 17.4 Å². The lowest BCUT2D eigenvalue weighted by Crippen LogP contribution is -2.31. The first kappa shape index (κ1) is 16.4. The number of Topliss-reactive ketones (excluding diaryl/α,β-unsaturated/α-hetero) is 1. The highest BCUT2D eigenvalue weighted by molar-refractivity contribution is 9.10. The molecule has 6 heteroatoms. The van der Waals surface area contributed by atoms with Gasteiger partial charge in [-0.2, -0.15) is 0 Å². The number of fused-ring (bicyclic) bond motifs is 1. The van der Waals surface area contributed by atoms with Gasteiger partial charge in [-0.3, -0.25) is 9.78 Å². The Balaban J connectivity index is 1.85. The van der Waals surface area contributed by atoms with Gasteiger partial charge in [0.1, 0.15) is 5.82 Å². The number of benzene rings is 1. The van der Waals surface area contributed by atoms with Crippen molar-refractivity contribution in [2.45, 2.75) is 12.8 Å². The summed E-state index contributed by atoms with van der Waals surface area (Å²) in [6.45, 7) is 1.75. The molecule has 1 aromatic carbocycles. The van der Waals surface area contributed by atoms with Gasteiger partial charge in [0.2, 0.25) is 0 Å². The molecule has 0 unspecified atom stereocenters. The summed E-state index contributed by atoms with van der Waals surface area (Å²) in [6.07, 6.45) is 7.01. The molecule has 1 saturated heterocycles. The van der Waals surface area contributed by atoms with Gasteiger partial charge >= 0.3 is 0 Å². The first-order valence-electron chi connectivity index (χ1n) is 8.30. The molecule has 0 bridgehead atoms. The van der Waals surface area contributed by atoms with Crippen LogP contribution < -0.4 is 5.32 Å². The van der Waals surface area contributed by atoms with Crippen molar-refractivity contribution in [1.29, 1.82) is 0 Å². The highest BCUT2D eigenvalue weighted by atomic mass is 79.9. The van der Waals surface area contributed by atoms with E-state index in [0.29, 0.717) is 10.0 Å². The predicted octanol–water partition coefficient (Wildman–Crippen LogP) is 4.11. The molecule has 0 saturated carbocycles.